The van der Waals surface area contributed by atoms with Crippen molar-refractivity contribution < 1.29 is 9.59 Å². The molecule has 0 spiro atoms. The van der Waals surface area contributed by atoms with E-state index >= 15 is 0 Å². The van der Waals surface area contributed by atoms with Crippen molar-refractivity contribution >= 4 is 22.6 Å². The van der Waals surface area contributed by atoms with Crippen molar-refractivity contribution in [2.45, 2.75) is 64.2 Å². The van der Waals surface area contributed by atoms with Gasteiger partial charge in [0.05, 0.1) is 11.7 Å². The van der Waals surface area contributed by atoms with Crippen molar-refractivity contribution in [3.05, 3.63) is 29.5 Å². The lowest BCUT2D eigenvalue weighted by molar-refractivity contribution is -0.123. The number of rotatable bonds is 1. The van der Waals surface area contributed by atoms with E-state index in [0.29, 0.717) is 18.1 Å². The van der Waals surface area contributed by atoms with Crippen molar-refractivity contribution in [1.29, 1.82) is 0 Å². The van der Waals surface area contributed by atoms with Gasteiger partial charge >= 0.3 is 0 Å². The molecule has 0 N–H and O–H groups in total. The molecule has 2 aromatic rings. The lowest BCUT2D eigenvalue weighted by Crippen LogP contribution is -2.40. The van der Waals surface area contributed by atoms with Crippen molar-refractivity contribution in [2.75, 3.05) is 0 Å². The maximum atomic E-state index is 12.0. The Morgan fingerprint density at radius 3 is 2.96 bits per heavy atom. The van der Waals surface area contributed by atoms with Gasteiger partial charge in [0.2, 0.25) is 5.91 Å². The van der Waals surface area contributed by atoms with Crippen LogP contribution < -0.4 is 0 Å². The Morgan fingerprint density at radius 2 is 2.21 bits per heavy atom. The molecule has 1 saturated carbocycles. The topological polar surface area (TPSA) is 52.0 Å². The highest BCUT2D eigenvalue weighted by atomic mass is 16.2. The zero-order valence-electron chi connectivity index (χ0n) is 14.5. The minimum atomic E-state index is -0.0510. The van der Waals surface area contributed by atoms with Crippen molar-refractivity contribution in [2.24, 2.45) is 5.92 Å². The predicted molar refractivity (Wildman–Crippen MR) is 93.3 cm³/mol. The largest absolute Gasteiger partial charge is 0.300 e. The van der Waals surface area contributed by atoms with Crippen molar-refractivity contribution in [3.63, 3.8) is 0 Å². The Labute approximate surface area is 142 Å². The molecule has 126 valence electrons. The first kappa shape index (κ1) is 15.6. The van der Waals surface area contributed by atoms with E-state index < -0.39 is 0 Å². The van der Waals surface area contributed by atoms with Crippen molar-refractivity contribution in [3.8, 4) is 0 Å². The smallest absolute Gasteiger partial charge is 0.244 e. The van der Waals surface area contributed by atoms with Gasteiger partial charge in [0.1, 0.15) is 5.78 Å². The van der Waals surface area contributed by atoms with E-state index in [1.165, 1.54) is 15.8 Å². The summed E-state index contributed by atoms with van der Waals surface area (Å²) in [5, 5.41) is 5.30. The quantitative estimate of drug-likeness (QED) is 0.795. The second kappa shape index (κ2) is 5.54. The normalized spacial score (nSPS) is 26.8. The number of hydrogen-bond acceptors (Lipinski definition) is 3. The molecule has 2 aliphatic carbocycles. The highest BCUT2D eigenvalue weighted by Crippen LogP contribution is 2.51. The molecule has 24 heavy (non-hydrogen) atoms. The van der Waals surface area contributed by atoms with Gasteiger partial charge in [-0.1, -0.05) is 6.92 Å². The van der Waals surface area contributed by atoms with Gasteiger partial charge in [-0.2, -0.15) is 5.10 Å². The van der Waals surface area contributed by atoms with Crippen LogP contribution in [0.5, 0.6) is 0 Å². The first-order chi connectivity index (χ1) is 11.5. The van der Waals surface area contributed by atoms with Gasteiger partial charge in [-0.25, -0.2) is 4.68 Å². The second-order valence-corrected chi connectivity index (χ2v) is 7.49. The van der Waals surface area contributed by atoms with E-state index in [4.69, 9.17) is 0 Å². The summed E-state index contributed by atoms with van der Waals surface area (Å²) in [6.07, 6.45) is 8.55. The lowest BCUT2D eigenvalue weighted by Gasteiger charge is -2.43. The molecule has 0 radical (unpaired) electrons. The molecule has 0 aliphatic heterocycles. The van der Waals surface area contributed by atoms with E-state index in [9.17, 15) is 9.59 Å². The van der Waals surface area contributed by atoms with E-state index in [1.54, 1.807) is 13.1 Å². The van der Waals surface area contributed by atoms with E-state index in [1.807, 2.05) is 0 Å². The van der Waals surface area contributed by atoms with E-state index in [-0.39, 0.29) is 11.3 Å². The van der Waals surface area contributed by atoms with Gasteiger partial charge in [0.25, 0.3) is 0 Å². The number of benzene rings is 1. The average Bonchev–Trinajstić information content (AvgIpc) is 2.91. The number of ketones is 1. The Bertz CT molecular complexity index is 836. The third-order valence-electron chi connectivity index (χ3n) is 6.36. The molecule has 1 aromatic carbocycles. The molecule has 4 nitrogen and oxygen atoms in total. The Balaban J connectivity index is 1.93. The maximum Gasteiger partial charge on any atom is 0.244 e. The zero-order chi connectivity index (χ0) is 16.9. The number of aryl methyl sites for hydroxylation is 1. The number of Topliss-reactive ketones (excluding diaryl/α,β-unsaturated/α-hetero) is 1. The fraction of sp³-hybridized carbons (Fsp3) is 0.550. The molecule has 4 heteroatoms. The van der Waals surface area contributed by atoms with Crippen LogP contribution in [-0.4, -0.2) is 21.5 Å². The number of carbonyl (C=O) groups excluding carboxylic acids is 2. The Morgan fingerprint density at radius 1 is 1.38 bits per heavy atom. The van der Waals surface area contributed by atoms with Crippen LogP contribution >= 0.6 is 0 Å². The first-order valence-electron chi connectivity index (χ1n) is 9.09. The maximum absolute atomic E-state index is 12.0. The van der Waals surface area contributed by atoms with Crippen LogP contribution in [0, 0.1) is 5.92 Å². The summed E-state index contributed by atoms with van der Waals surface area (Å²) in [6.45, 7) is 3.81. The molecule has 1 fully saturated rings. The molecular formula is C20H24N2O2. The molecule has 4 rings (SSSR count). The van der Waals surface area contributed by atoms with Crippen LogP contribution in [0.15, 0.2) is 18.3 Å². The number of aromatic nitrogens is 2. The molecule has 2 atom stereocenters. The molecule has 0 unspecified atom stereocenters. The average molecular weight is 324 g/mol. The number of carbonyl (C=O) groups is 2. The van der Waals surface area contributed by atoms with Gasteiger partial charge in [-0.3, -0.25) is 9.59 Å². The minimum Gasteiger partial charge on any atom is -0.300 e. The summed E-state index contributed by atoms with van der Waals surface area (Å²) in [5.74, 6) is 0.841. The summed E-state index contributed by atoms with van der Waals surface area (Å²) in [6, 6.07) is 4.43. The zero-order valence-corrected chi connectivity index (χ0v) is 14.5. The lowest BCUT2D eigenvalue weighted by atomic mass is 9.60. The van der Waals surface area contributed by atoms with Crippen LogP contribution in [0.3, 0.4) is 0 Å². The highest BCUT2D eigenvalue weighted by Gasteiger charge is 2.45. The van der Waals surface area contributed by atoms with Gasteiger partial charge in [-0.05, 0) is 66.7 Å². The fourth-order valence-corrected chi connectivity index (χ4v) is 5.11. The third kappa shape index (κ3) is 2.15. The summed E-state index contributed by atoms with van der Waals surface area (Å²) in [4.78, 5) is 23.8. The molecule has 0 saturated heterocycles. The van der Waals surface area contributed by atoms with Gasteiger partial charge in [0.15, 0.2) is 0 Å². The molecule has 1 aromatic heterocycles. The van der Waals surface area contributed by atoms with E-state index in [0.717, 1.165) is 49.4 Å². The van der Waals surface area contributed by atoms with Crippen LogP contribution in [-0.2, 0) is 16.6 Å². The molecule has 2 aliphatic rings. The van der Waals surface area contributed by atoms with Crippen LogP contribution in [0.25, 0.3) is 10.9 Å². The first-order valence-corrected chi connectivity index (χ1v) is 9.09. The molecule has 1 heterocycles. The molecular weight excluding hydrogens is 300 g/mol. The summed E-state index contributed by atoms with van der Waals surface area (Å²) >= 11 is 0. The van der Waals surface area contributed by atoms with Crippen LogP contribution in [0.4, 0.5) is 0 Å². The number of nitrogens with zero attached hydrogens (tertiary/aromatic N) is 2. The van der Waals surface area contributed by atoms with Crippen LogP contribution in [0.2, 0.25) is 0 Å². The van der Waals surface area contributed by atoms with Gasteiger partial charge < -0.3 is 0 Å². The van der Waals surface area contributed by atoms with Gasteiger partial charge in [0, 0.05) is 25.2 Å². The Hall–Kier alpha value is -1.97. The predicted octanol–water partition coefficient (Wildman–Crippen LogP) is 4.05. The fourth-order valence-electron chi connectivity index (χ4n) is 5.11. The molecule has 0 bridgehead atoms. The summed E-state index contributed by atoms with van der Waals surface area (Å²) < 4.78 is 1.50. The minimum absolute atomic E-state index is 0.0510. The number of fused-ring (bicyclic) bond motifs is 4. The molecule has 0 amide bonds. The van der Waals surface area contributed by atoms with Crippen LogP contribution in [0.1, 0.15) is 68.3 Å². The third-order valence-corrected chi connectivity index (χ3v) is 6.36. The van der Waals surface area contributed by atoms with Gasteiger partial charge in [-0.15, -0.1) is 0 Å². The SMILES string of the molecule is CC[C@]12CCC(=O)C[C@H]1CCCc1cc3c(cnn3C(C)=O)cc12. The summed E-state index contributed by atoms with van der Waals surface area (Å²) in [7, 11) is 0. The Kier molecular flexibility index (Phi) is 3.59. The van der Waals surface area contributed by atoms with Crippen molar-refractivity contribution in [1.82, 2.24) is 9.78 Å². The standard InChI is InChI=1S/C20H24N2O2/c1-3-20-8-7-17(24)11-16(20)6-4-5-14-10-19-15(9-18(14)20)12-21-22(19)13(2)23/h9-10,12,16H,3-8,11H2,1-2H3/t16-,20+/m1/s1. The summed E-state index contributed by atoms with van der Waals surface area (Å²) in [5.41, 5.74) is 3.80. The monoisotopic (exact) mass is 324 g/mol. The van der Waals surface area contributed by atoms with E-state index in [2.05, 4.69) is 24.2 Å². The number of hydrogen-bond donors (Lipinski definition) is 0. The second-order valence-electron chi connectivity index (χ2n) is 7.49. The highest BCUT2D eigenvalue weighted by molar-refractivity contribution is 5.91.